The molecule has 4 rings (SSSR count). The fraction of sp³-hybridized carbons (Fsp3) is 0.294. The average molecular weight is 339 g/mol. The Labute approximate surface area is 143 Å². The van der Waals surface area contributed by atoms with Gasteiger partial charge in [-0.25, -0.2) is 4.68 Å². The highest BCUT2D eigenvalue weighted by molar-refractivity contribution is 5.79. The number of hydrogen-bond donors (Lipinski definition) is 1. The van der Waals surface area contributed by atoms with Crippen LogP contribution in [0, 0.1) is 6.92 Å². The molecule has 0 bridgehead atoms. The second-order valence-corrected chi connectivity index (χ2v) is 6.58. The van der Waals surface area contributed by atoms with Crippen LogP contribution in [0.25, 0.3) is 33.9 Å². The zero-order valence-electron chi connectivity index (χ0n) is 14.1. The average Bonchev–Trinajstić information content (AvgIpc) is 3.25. The van der Waals surface area contributed by atoms with E-state index in [1.807, 2.05) is 25.1 Å². The third-order valence-corrected chi connectivity index (χ3v) is 3.82. The molecule has 0 aliphatic carbocycles. The summed E-state index contributed by atoms with van der Waals surface area (Å²) in [6.45, 7) is 5.66. The first-order valence-electron chi connectivity index (χ1n) is 7.85. The summed E-state index contributed by atoms with van der Waals surface area (Å²) in [5.41, 5.74) is 2.20. The lowest BCUT2D eigenvalue weighted by molar-refractivity contribution is 0.0585. The predicted octanol–water partition coefficient (Wildman–Crippen LogP) is 2.82. The van der Waals surface area contributed by atoms with Gasteiger partial charge in [0, 0.05) is 5.56 Å². The van der Waals surface area contributed by atoms with E-state index in [9.17, 15) is 5.11 Å². The zero-order valence-corrected chi connectivity index (χ0v) is 14.1. The maximum absolute atomic E-state index is 9.97. The highest BCUT2D eigenvalue weighted by Gasteiger charge is 2.18. The molecule has 0 atom stereocenters. The zero-order chi connectivity index (χ0) is 17.6. The molecule has 0 unspecified atom stereocenters. The van der Waals surface area contributed by atoms with E-state index in [-0.39, 0.29) is 0 Å². The van der Waals surface area contributed by atoms with Crippen molar-refractivity contribution in [3.05, 3.63) is 36.3 Å². The Morgan fingerprint density at radius 2 is 2.08 bits per heavy atom. The smallest absolute Gasteiger partial charge is 0.258 e. The third kappa shape index (κ3) is 2.91. The van der Waals surface area contributed by atoms with Crippen LogP contribution < -0.4 is 0 Å². The van der Waals surface area contributed by atoms with Crippen molar-refractivity contribution in [2.24, 2.45) is 0 Å². The fourth-order valence-corrected chi connectivity index (χ4v) is 2.66. The number of nitrogens with zero attached hydrogens (tertiary/aromatic N) is 5. The monoisotopic (exact) mass is 339 g/mol. The number of aryl methyl sites for hydroxylation is 1. The molecule has 1 aromatic carbocycles. The van der Waals surface area contributed by atoms with Crippen LogP contribution in [0.1, 0.15) is 19.6 Å². The van der Waals surface area contributed by atoms with Gasteiger partial charge < -0.3 is 14.0 Å². The summed E-state index contributed by atoms with van der Waals surface area (Å²) >= 11 is 0. The van der Waals surface area contributed by atoms with Crippen LogP contribution in [0.4, 0.5) is 0 Å². The first-order valence-corrected chi connectivity index (χ1v) is 7.85. The van der Waals surface area contributed by atoms with E-state index in [0.717, 1.165) is 22.4 Å². The van der Waals surface area contributed by atoms with Crippen molar-refractivity contribution in [1.29, 1.82) is 0 Å². The summed E-state index contributed by atoms with van der Waals surface area (Å²) < 4.78 is 12.3. The van der Waals surface area contributed by atoms with Gasteiger partial charge in [0.05, 0.1) is 29.5 Å². The Morgan fingerprint density at radius 3 is 2.80 bits per heavy atom. The largest absolute Gasteiger partial charge is 0.469 e. The molecule has 8 nitrogen and oxygen atoms in total. The Kier molecular flexibility index (Phi) is 3.43. The van der Waals surface area contributed by atoms with E-state index in [0.29, 0.717) is 23.8 Å². The summed E-state index contributed by atoms with van der Waals surface area (Å²) in [5, 5.41) is 22.2. The van der Waals surface area contributed by atoms with Crippen LogP contribution in [0.2, 0.25) is 0 Å². The molecule has 0 amide bonds. The summed E-state index contributed by atoms with van der Waals surface area (Å²) in [6.07, 6.45) is 1.59. The van der Waals surface area contributed by atoms with E-state index in [1.165, 1.54) is 0 Å². The quantitative estimate of drug-likeness (QED) is 0.609. The van der Waals surface area contributed by atoms with E-state index < -0.39 is 5.60 Å². The highest BCUT2D eigenvalue weighted by atomic mass is 16.5. The summed E-state index contributed by atoms with van der Waals surface area (Å²) in [6, 6.07) is 7.38. The van der Waals surface area contributed by atoms with Crippen molar-refractivity contribution in [3.8, 4) is 22.8 Å². The molecule has 3 aromatic heterocycles. The number of aliphatic hydroxyl groups is 1. The van der Waals surface area contributed by atoms with Crippen molar-refractivity contribution in [2.45, 2.75) is 32.9 Å². The number of fused-ring (bicyclic) bond motifs is 1. The van der Waals surface area contributed by atoms with Crippen LogP contribution >= 0.6 is 0 Å². The molecule has 0 aliphatic rings. The molecular formula is C17H17N5O3. The van der Waals surface area contributed by atoms with Crippen LogP contribution in [0.3, 0.4) is 0 Å². The van der Waals surface area contributed by atoms with Gasteiger partial charge in [-0.05, 0) is 45.0 Å². The Bertz CT molecular complexity index is 1040. The molecule has 4 aromatic rings. The molecule has 0 aliphatic heterocycles. The van der Waals surface area contributed by atoms with Crippen molar-refractivity contribution in [2.75, 3.05) is 0 Å². The van der Waals surface area contributed by atoms with Crippen LogP contribution in [0.5, 0.6) is 0 Å². The SMILES string of the molecule is Cc1occc1-c1noc(-c2ccc3c(c2)nnn3CC(C)(C)O)n1. The molecule has 8 heteroatoms. The molecule has 1 N–H and O–H groups in total. The normalized spacial score (nSPS) is 12.2. The Morgan fingerprint density at radius 1 is 1.24 bits per heavy atom. The molecule has 0 saturated heterocycles. The van der Waals surface area contributed by atoms with Gasteiger partial charge >= 0.3 is 0 Å². The Balaban J connectivity index is 1.69. The first kappa shape index (κ1) is 15.5. The van der Waals surface area contributed by atoms with E-state index in [2.05, 4.69) is 20.5 Å². The minimum Gasteiger partial charge on any atom is -0.469 e. The molecule has 0 fully saturated rings. The third-order valence-electron chi connectivity index (χ3n) is 3.82. The van der Waals surface area contributed by atoms with Crippen molar-refractivity contribution < 1.29 is 14.0 Å². The molecule has 0 spiro atoms. The number of rotatable bonds is 4. The predicted molar refractivity (Wildman–Crippen MR) is 89.6 cm³/mol. The van der Waals surface area contributed by atoms with E-state index in [1.54, 1.807) is 30.9 Å². The minimum absolute atomic E-state index is 0.354. The standard InChI is InChI=1S/C17H17N5O3/c1-10-12(6-7-24-10)15-18-16(25-20-15)11-4-5-14-13(8-11)19-21-22(14)9-17(2,3)23/h4-8,23H,9H2,1-3H3. The van der Waals surface area contributed by atoms with Gasteiger partial charge in [-0.2, -0.15) is 4.98 Å². The summed E-state index contributed by atoms with van der Waals surface area (Å²) in [4.78, 5) is 4.42. The number of benzene rings is 1. The van der Waals surface area contributed by atoms with Crippen LogP contribution in [-0.4, -0.2) is 35.8 Å². The van der Waals surface area contributed by atoms with Gasteiger partial charge in [0.25, 0.3) is 5.89 Å². The molecular weight excluding hydrogens is 322 g/mol. The lowest BCUT2D eigenvalue weighted by Crippen LogP contribution is -2.26. The lowest BCUT2D eigenvalue weighted by Gasteiger charge is -2.16. The van der Waals surface area contributed by atoms with E-state index in [4.69, 9.17) is 8.94 Å². The fourth-order valence-electron chi connectivity index (χ4n) is 2.66. The maximum atomic E-state index is 9.97. The van der Waals surface area contributed by atoms with Gasteiger partial charge in [-0.1, -0.05) is 10.4 Å². The lowest BCUT2D eigenvalue weighted by atomic mass is 10.1. The molecule has 25 heavy (non-hydrogen) atoms. The molecule has 0 saturated carbocycles. The first-order chi connectivity index (χ1) is 11.9. The van der Waals surface area contributed by atoms with Gasteiger partial charge in [-0.3, -0.25) is 0 Å². The highest BCUT2D eigenvalue weighted by Crippen LogP contribution is 2.27. The maximum Gasteiger partial charge on any atom is 0.258 e. The minimum atomic E-state index is -0.872. The second-order valence-electron chi connectivity index (χ2n) is 6.58. The Hall–Kier alpha value is -3.00. The van der Waals surface area contributed by atoms with Crippen molar-refractivity contribution in [1.82, 2.24) is 25.1 Å². The molecule has 128 valence electrons. The van der Waals surface area contributed by atoms with Gasteiger partial charge in [0.2, 0.25) is 5.82 Å². The second kappa shape index (κ2) is 5.52. The molecule has 3 heterocycles. The topological polar surface area (TPSA) is 103 Å². The van der Waals surface area contributed by atoms with Crippen LogP contribution in [0.15, 0.2) is 39.5 Å². The number of furan rings is 1. The van der Waals surface area contributed by atoms with E-state index >= 15 is 0 Å². The van der Waals surface area contributed by atoms with Crippen molar-refractivity contribution >= 4 is 11.0 Å². The number of hydrogen-bond acceptors (Lipinski definition) is 7. The summed E-state index contributed by atoms with van der Waals surface area (Å²) in [7, 11) is 0. The summed E-state index contributed by atoms with van der Waals surface area (Å²) in [5.74, 6) is 1.61. The van der Waals surface area contributed by atoms with Gasteiger partial charge in [0.1, 0.15) is 11.3 Å². The van der Waals surface area contributed by atoms with Gasteiger partial charge in [-0.15, -0.1) is 5.10 Å². The van der Waals surface area contributed by atoms with Crippen LogP contribution in [-0.2, 0) is 6.54 Å². The number of aromatic nitrogens is 5. The molecule has 0 radical (unpaired) electrons. The van der Waals surface area contributed by atoms with Crippen molar-refractivity contribution in [3.63, 3.8) is 0 Å². The van der Waals surface area contributed by atoms with Gasteiger partial charge in [0.15, 0.2) is 0 Å².